The van der Waals surface area contributed by atoms with Crippen molar-refractivity contribution in [3.05, 3.63) is 81.8 Å². The Morgan fingerprint density at radius 1 is 1.11 bits per heavy atom. The Balaban J connectivity index is 1.54. The van der Waals surface area contributed by atoms with Crippen LogP contribution in [0.15, 0.2) is 60.1 Å². The molecule has 0 unspecified atom stereocenters. The Hall–Kier alpha value is -3.27. The van der Waals surface area contributed by atoms with Crippen molar-refractivity contribution in [2.45, 2.75) is 33.0 Å². The number of ether oxygens (including phenoxy) is 1. The lowest BCUT2D eigenvalue weighted by Crippen LogP contribution is -2.47. The van der Waals surface area contributed by atoms with Crippen molar-refractivity contribution in [3.63, 3.8) is 0 Å². The highest BCUT2D eigenvalue weighted by molar-refractivity contribution is 7.09. The van der Waals surface area contributed by atoms with Gasteiger partial charge in [0.15, 0.2) is 0 Å². The van der Waals surface area contributed by atoms with Crippen LogP contribution in [0, 0.1) is 0 Å². The monoisotopic (exact) mass is 521 g/mol. The first kappa shape index (κ1) is 26.8. The Kier molecular flexibility index (Phi) is 9.27. The van der Waals surface area contributed by atoms with Gasteiger partial charge in [-0.2, -0.15) is 0 Å². The zero-order chi connectivity index (χ0) is 26.2. The number of thiazole rings is 1. The number of amides is 2. The molecule has 1 N–H and O–H groups in total. The number of nitrogens with zero attached hydrogens (tertiary/aromatic N) is 4. The molecule has 1 aliphatic heterocycles. The van der Waals surface area contributed by atoms with Gasteiger partial charge in [-0.05, 0) is 49.2 Å². The number of aromatic nitrogens is 1. The number of methoxy groups -OCH3 is 1. The maximum Gasteiger partial charge on any atom is 0.411 e. The van der Waals surface area contributed by atoms with Crippen molar-refractivity contribution in [1.82, 2.24) is 19.7 Å². The van der Waals surface area contributed by atoms with Gasteiger partial charge in [0.05, 0.1) is 13.7 Å². The molecule has 8 nitrogen and oxygen atoms in total. The van der Waals surface area contributed by atoms with Crippen molar-refractivity contribution < 1.29 is 14.3 Å². The lowest BCUT2D eigenvalue weighted by Gasteiger charge is -2.41. The predicted octanol–water partition coefficient (Wildman–Crippen LogP) is 4.86. The first-order valence-electron chi connectivity index (χ1n) is 12.7. The highest BCUT2D eigenvalue weighted by Crippen LogP contribution is 2.29. The zero-order valence-corrected chi connectivity index (χ0v) is 22.5. The van der Waals surface area contributed by atoms with Crippen LogP contribution >= 0.6 is 11.3 Å². The number of piperazine rings is 1. The van der Waals surface area contributed by atoms with Gasteiger partial charge < -0.3 is 9.64 Å². The molecule has 9 heteroatoms. The molecule has 0 spiro atoms. The first-order chi connectivity index (χ1) is 18.0. The number of hydrogen-bond donors (Lipinski definition) is 1. The van der Waals surface area contributed by atoms with Crippen LogP contribution in [0.3, 0.4) is 0 Å². The third-order valence-corrected chi connectivity index (χ3v) is 7.52. The number of rotatable bonds is 9. The molecule has 1 saturated heterocycles. The van der Waals surface area contributed by atoms with Gasteiger partial charge >= 0.3 is 6.09 Å². The van der Waals surface area contributed by atoms with Crippen LogP contribution in [0.1, 0.15) is 46.4 Å². The van der Waals surface area contributed by atoms with E-state index in [0.29, 0.717) is 18.8 Å². The third-order valence-electron chi connectivity index (χ3n) is 6.76. The first-order valence-corrected chi connectivity index (χ1v) is 13.6. The van der Waals surface area contributed by atoms with E-state index < -0.39 is 6.09 Å². The summed E-state index contributed by atoms with van der Waals surface area (Å²) in [4.78, 5) is 35.7. The van der Waals surface area contributed by atoms with Crippen molar-refractivity contribution in [2.75, 3.05) is 45.2 Å². The summed E-state index contributed by atoms with van der Waals surface area (Å²) in [5, 5.41) is 5.89. The molecule has 1 aliphatic rings. The molecule has 1 fully saturated rings. The minimum Gasteiger partial charge on any atom is -0.453 e. The van der Waals surface area contributed by atoms with E-state index in [-0.39, 0.29) is 11.9 Å². The fourth-order valence-corrected chi connectivity index (χ4v) is 5.40. The standard InChI is InChI=1S/C28H35N5O3S/c1-4-32(5-2)27(34)23-11-9-22(10-12-23)25-19-31(20-26-29-13-16-37-26)14-15-33(25)18-21-7-6-8-24(17-21)30-28(35)36-3/h6-13,16-17,25H,4-5,14-15,18-20H2,1-3H3,(H,30,35)/t25-/m0/s1. The molecule has 2 amide bonds. The summed E-state index contributed by atoms with van der Waals surface area (Å²) < 4.78 is 4.73. The van der Waals surface area contributed by atoms with Crippen LogP contribution in [0.5, 0.6) is 0 Å². The summed E-state index contributed by atoms with van der Waals surface area (Å²) >= 11 is 1.68. The summed E-state index contributed by atoms with van der Waals surface area (Å²) in [5.41, 5.74) is 3.72. The van der Waals surface area contributed by atoms with Crippen molar-refractivity contribution in [2.24, 2.45) is 0 Å². The highest BCUT2D eigenvalue weighted by atomic mass is 32.1. The van der Waals surface area contributed by atoms with Gasteiger partial charge in [-0.1, -0.05) is 24.3 Å². The van der Waals surface area contributed by atoms with E-state index in [0.717, 1.165) is 48.9 Å². The van der Waals surface area contributed by atoms with E-state index in [4.69, 9.17) is 4.74 Å². The molecule has 2 heterocycles. The largest absolute Gasteiger partial charge is 0.453 e. The Bertz CT molecular complexity index is 1160. The molecule has 0 aliphatic carbocycles. The smallest absolute Gasteiger partial charge is 0.411 e. The second kappa shape index (κ2) is 12.8. The van der Waals surface area contributed by atoms with Crippen molar-refractivity contribution in [3.8, 4) is 0 Å². The Morgan fingerprint density at radius 3 is 2.57 bits per heavy atom. The van der Waals surface area contributed by atoms with Gasteiger partial charge in [0.2, 0.25) is 0 Å². The second-order valence-corrected chi connectivity index (χ2v) is 10.0. The molecule has 0 radical (unpaired) electrons. The molecule has 37 heavy (non-hydrogen) atoms. The van der Waals surface area contributed by atoms with Crippen LogP contribution in [-0.2, 0) is 17.8 Å². The van der Waals surface area contributed by atoms with E-state index in [2.05, 4.69) is 38.3 Å². The number of anilines is 1. The zero-order valence-electron chi connectivity index (χ0n) is 21.7. The maximum atomic E-state index is 12.8. The number of benzene rings is 2. The molecule has 2 aromatic carbocycles. The summed E-state index contributed by atoms with van der Waals surface area (Å²) in [7, 11) is 1.36. The number of carbonyl (C=O) groups is 2. The van der Waals surface area contributed by atoms with Gasteiger partial charge in [0.1, 0.15) is 5.01 Å². The minimum atomic E-state index is -0.481. The Morgan fingerprint density at radius 2 is 1.89 bits per heavy atom. The predicted molar refractivity (Wildman–Crippen MR) is 147 cm³/mol. The molecule has 196 valence electrons. The quantitative estimate of drug-likeness (QED) is 0.433. The van der Waals surface area contributed by atoms with E-state index in [1.165, 1.54) is 12.7 Å². The van der Waals surface area contributed by atoms with E-state index >= 15 is 0 Å². The summed E-state index contributed by atoms with van der Waals surface area (Å²) in [5.74, 6) is 0.0670. The number of hydrogen-bond acceptors (Lipinski definition) is 7. The fourth-order valence-electron chi connectivity index (χ4n) is 4.74. The molecular formula is C28H35N5O3S. The van der Waals surface area contributed by atoms with Crippen LogP contribution in [0.25, 0.3) is 0 Å². The second-order valence-electron chi connectivity index (χ2n) is 9.06. The van der Waals surface area contributed by atoms with E-state index in [1.54, 1.807) is 11.3 Å². The van der Waals surface area contributed by atoms with Gasteiger partial charge in [0.25, 0.3) is 5.91 Å². The molecule has 1 aromatic heterocycles. The van der Waals surface area contributed by atoms with Crippen LogP contribution in [-0.4, -0.2) is 71.5 Å². The average molecular weight is 522 g/mol. The van der Waals surface area contributed by atoms with Gasteiger partial charge in [-0.15, -0.1) is 11.3 Å². The molecule has 0 saturated carbocycles. The molecule has 4 rings (SSSR count). The number of nitrogens with one attached hydrogen (secondary N) is 1. The molecule has 3 aromatic rings. The maximum absolute atomic E-state index is 12.8. The van der Waals surface area contributed by atoms with Gasteiger partial charge in [0, 0.05) is 68.1 Å². The van der Waals surface area contributed by atoms with E-state index in [9.17, 15) is 9.59 Å². The minimum absolute atomic E-state index is 0.0670. The number of carbonyl (C=O) groups excluding carboxylic acids is 2. The van der Waals surface area contributed by atoms with Crippen LogP contribution in [0.2, 0.25) is 0 Å². The normalized spacial score (nSPS) is 16.4. The third kappa shape index (κ3) is 6.94. The topological polar surface area (TPSA) is 78.0 Å². The molecule has 1 atom stereocenters. The lowest BCUT2D eigenvalue weighted by atomic mass is 9.99. The lowest BCUT2D eigenvalue weighted by molar-refractivity contribution is 0.0635. The van der Waals surface area contributed by atoms with Gasteiger partial charge in [-0.3, -0.25) is 19.9 Å². The highest BCUT2D eigenvalue weighted by Gasteiger charge is 2.29. The SMILES string of the molecule is CCN(CC)C(=O)c1ccc([C@@H]2CN(Cc3nccs3)CCN2Cc2cccc(NC(=O)OC)c2)cc1. The molecular weight excluding hydrogens is 486 g/mol. The van der Waals surface area contributed by atoms with E-state index in [1.807, 2.05) is 60.7 Å². The van der Waals surface area contributed by atoms with Crippen molar-refractivity contribution >= 4 is 29.0 Å². The fraction of sp³-hybridized carbons (Fsp3) is 0.393. The van der Waals surface area contributed by atoms with Crippen LogP contribution < -0.4 is 5.32 Å². The average Bonchev–Trinajstić information content (AvgIpc) is 3.43. The van der Waals surface area contributed by atoms with Crippen molar-refractivity contribution in [1.29, 1.82) is 0 Å². The van der Waals surface area contributed by atoms with Gasteiger partial charge in [-0.25, -0.2) is 9.78 Å². The summed E-state index contributed by atoms with van der Waals surface area (Å²) in [6, 6.07) is 16.1. The Labute approximate surface area is 222 Å². The summed E-state index contributed by atoms with van der Waals surface area (Å²) in [6.45, 7) is 9.67. The molecule has 0 bridgehead atoms. The summed E-state index contributed by atoms with van der Waals surface area (Å²) in [6.07, 6.45) is 1.37. The van der Waals surface area contributed by atoms with Crippen LogP contribution in [0.4, 0.5) is 10.5 Å².